The standard InChI is InChI=1S/C25H30N4O2/c1-29(2)15-17-6-4-5-7-21(17)18-12-19(13-18)22-14-23(28-27-22)24(25(26)30)16-8-10-20(31-3)11-9-16/h4-11,14,18-19,24H,12-13,15H2,1-3H3,(H2,26,30)(H,27,28). The minimum atomic E-state index is -0.576. The highest BCUT2D eigenvalue weighted by Crippen LogP contribution is 2.48. The van der Waals surface area contributed by atoms with Gasteiger partial charge in [0.1, 0.15) is 11.7 Å². The molecule has 1 unspecified atom stereocenters. The number of aromatic amines is 1. The smallest absolute Gasteiger partial charge is 0.231 e. The molecule has 162 valence electrons. The van der Waals surface area contributed by atoms with Crippen molar-refractivity contribution in [2.45, 2.75) is 37.1 Å². The predicted octanol–water partition coefficient (Wildman–Crippen LogP) is 3.76. The van der Waals surface area contributed by atoms with Crippen molar-refractivity contribution < 1.29 is 9.53 Å². The highest BCUT2D eigenvalue weighted by Gasteiger charge is 2.34. The summed E-state index contributed by atoms with van der Waals surface area (Å²) in [6.07, 6.45) is 2.16. The van der Waals surface area contributed by atoms with Crippen LogP contribution in [0.4, 0.5) is 0 Å². The van der Waals surface area contributed by atoms with Gasteiger partial charge in [-0.2, -0.15) is 5.10 Å². The van der Waals surface area contributed by atoms with E-state index in [1.165, 1.54) is 11.1 Å². The Labute approximate surface area is 183 Å². The third-order valence-corrected chi connectivity index (χ3v) is 6.21. The molecule has 2 aromatic carbocycles. The largest absolute Gasteiger partial charge is 0.497 e. The monoisotopic (exact) mass is 418 g/mol. The molecule has 3 N–H and O–H groups in total. The maximum Gasteiger partial charge on any atom is 0.231 e. The summed E-state index contributed by atoms with van der Waals surface area (Å²) in [7, 11) is 5.82. The molecule has 1 amide bonds. The van der Waals surface area contributed by atoms with Crippen molar-refractivity contribution in [2.75, 3.05) is 21.2 Å². The van der Waals surface area contributed by atoms with Crippen molar-refractivity contribution in [2.24, 2.45) is 5.73 Å². The summed E-state index contributed by atoms with van der Waals surface area (Å²) in [6.45, 7) is 0.952. The second-order valence-electron chi connectivity index (χ2n) is 8.66. The van der Waals surface area contributed by atoms with E-state index in [-0.39, 0.29) is 0 Å². The number of carbonyl (C=O) groups is 1. The Hall–Kier alpha value is -3.12. The number of methoxy groups -OCH3 is 1. The van der Waals surface area contributed by atoms with Gasteiger partial charge in [0.05, 0.1) is 12.8 Å². The average molecular weight is 419 g/mol. The van der Waals surface area contributed by atoms with E-state index in [4.69, 9.17) is 10.5 Å². The van der Waals surface area contributed by atoms with E-state index >= 15 is 0 Å². The Morgan fingerprint density at radius 3 is 2.52 bits per heavy atom. The lowest BCUT2D eigenvalue weighted by Gasteiger charge is -2.36. The highest BCUT2D eigenvalue weighted by molar-refractivity contribution is 5.85. The minimum Gasteiger partial charge on any atom is -0.497 e. The number of nitrogens with two attached hydrogens (primary N) is 1. The molecule has 1 aromatic heterocycles. The van der Waals surface area contributed by atoms with Gasteiger partial charge in [-0.3, -0.25) is 9.89 Å². The molecule has 0 radical (unpaired) electrons. The Morgan fingerprint density at radius 2 is 1.87 bits per heavy atom. The number of H-pyrrole nitrogens is 1. The molecule has 0 bridgehead atoms. The Balaban J connectivity index is 1.48. The maximum atomic E-state index is 12.2. The zero-order valence-electron chi connectivity index (χ0n) is 18.3. The zero-order valence-corrected chi connectivity index (χ0v) is 18.3. The van der Waals surface area contributed by atoms with E-state index < -0.39 is 11.8 Å². The van der Waals surface area contributed by atoms with Crippen LogP contribution in [0.2, 0.25) is 0 Å². The van der Waals surface area contributed by atoms with E-state index in [0.29, 0.717) is 17.5 Å². The van der Waals surface area contributed by atoms with Gasteiger partial charge in [0.25, 0.3) is 0 Å². The van der Waals surface area contributed by atoms with Gasteiger partial charge in [-0.25, -0.2) is 0 Å². The molecule has 6 nitrogen and oxygen atoms in total. The number of amides is 1. The van der Waals surface area contributed by atoms with E-state index in [2.05, 4.69) is 53.5 Å². The van der Waals surface area contributed by atoms with Gasteiger partial charge in [0, 0.05) is 18.2 Å². The number of hydrogen-bond donors (Lipinski definition) is 2. The fourth-order valence-corrected chi connectivity index (χ4v) is 4.53. The van der Waals surface area contributed by atoms with Gasteiger partial charge >= 0.3 is 0 Å². The van der Waals surface area contributed by atoms with Crippen LogP contribution in [0.1, 0.15) is 58.7 Å². The molecule has 3 aromatic rings. The Morgan fingerprint density at radius 1 is 1.16 bits per heavy atom. The number of aromatic nitrogens is 2. The minimum absolute atomic E-state index is 0.410. The molecule has 0 saturated heterocycles. The first-order chi connectivity index (χ1) is 15.0. The molecule has 31 heavy (non-hydrogen) atoms. The van der Waals surface area contributed by atoms with Gasteiger partial charge in [0.15, 0.2) is 0 Å². The van der Waals surface area contributed by atoms with Gasteiger partial charge in [-0.1, -0.05) is 36.4 Å². The summed E-state index contributed by atoms with van der Waals surface area (Å²) in [4.78, 5) is 14.4. The topological polar surface area (TPSA) is 84.2 Å². The lowest BCUT2D eigenvalue weighted by atomic mass is 9.69. The second-order valence-corrected chi connectivity index (χ2v) is 8.66. The van der Waals surface area contributed by atoms with Crippen LogP contribution in [0.25, 0.3) is 0 Å². The van der Waals surface area contributed by atoms with Crippen LogP contribution >= 0.6 is 0 Å². The summed E-state index contributed by atoms with van der Waals surface area (Å²) in [5, 5.41) is 7.61. The first-order valence-corrected chi connectivity index (χ1v) is 10.7. The molecule has 0 spiro atoms. The number of rotatable bonds is 8. The van der Waals surface area contributed by atoms with Crippen LogP contribution in [0.5, 0.6) is 5.75 Å². The number of benzene rings is 2. The molecule has 4 rings (SSSR count). The first kappa shape index (κ1) is 21.1. The number of ether oxygens (including phenoxy) is 1. The highest BCUT2D eigenvalue weighted by atomic mass is 16.5. The lowest BCUT2D eigenvalue weighted by Crippen LogP contribution is -2.23. The quantitative estimate of drug-likeness (QED) is 0.583. The normalized spacial score (nSPS) is 19.1. The van der Waals surface area contributed by atoms with E-state index in [1.54, 1.807) is 7.11 Å². The second kappa shape index (κ2) is 8.94. The van der Waals surface area contributed by atoms with Crippen molar-refractivity contribution in [3.8, 4) is 5.75 Å². The number of nitrogens with one attached hydrogen (secondary N) is 1. The van der Waals surface area contributed by atoms with Crippen LogP contribution in [0.15, 0.2) is 54.6 Å². The number of hydrogen-bond acceptors (Lipinski definition) is 4. The van der Waals surface area contributed by atoms with Crippen molar-refractivity contribution in [1.29, 1.82) is 0 Å². The lowest BCUT2D eigenvalue weighted by molar-refractivity contribution is -0.118. The Bertz CT molecular complexity index is 1040. The predicted molar refractivity (Wildman–Crippen MR) is 121 cm³/mol. The summed E-state index contributed by atoms with van der Waals surface area (Å²) in [5.41, 5.74) is 11.1. The van der Waals surface area contributed by atoms with Crippen LogP contribution in [-0.4, -0.2) is 42.2 Å². The van der Waals surface area contributed by atoms with E-state index in [1.807, 2.05) is 30.3 Å². The molecule has 1 fully saturated rings. The first-order valence-electron chi connectivity index (χ1n) is 10.7. The fourth-order valence-electron chi connectivity index (χ4n) is 4.53. The van der Waals surface area contributed by atoms with E-state index in [0.717, 1.165) is 36.4 Å². The molecule has 1 heterocycles. The molecule has 1 saturated carbocycles. The average Bonchev–Trinajstić information content (AvgIpc) is 3.17. The maximum absolute atomic E-state index is 12.2. The van der Waals surface area contributed by atoms with E-state index in [9.17, 15) is 4.79 Å². The summed E-state index contributed by atoms with van der Waals surface area (Å²) in [6, 6.07) is 18.1. The van der Waals surface area contributed by atoms with Gasteiger partial charge in [-0.05, 0) is 67.7 Å². The van der Waals surface area contributed by atoms with Crippen LogP contribution in [0, 0.1) is 0 Å². The van der Waals surface area contributed by atoms with Gasteiger partial charge in [0.2, 0.25) is 5.91 Å². The van der Waals surface area contributed by atoms with Gasteiger partial charge in [-0.15, -0.1) is 0 Å². The van der Waals surface area contributed by atoms with Crippen LogP contribution < -0.4 is 10.5 Å². The molecule has 1 aliphatic carbocycles. The number of primary amides is 1. The van der Waals surface area contributed by atoms with Crippen LogP contribution in [0.3, 0.4) is 0 Å². The number of carbonyl (C=O) groups excluding carboxylic acids is 1. The molecule has 6 heteroatoms. The zero-order chi connectivity index (χ0) is 22.0. The molecular formula is C25H30N4O2. The van der Waals surface area contributed by atoms with Gasteiger partial charge < -0.3 is 15.4 Å². The third kappa shape index (κ3) is 4.49. The van der Waals surface area contributed by atoms with Crippen LogP contribution in [-0.2, 0) is 11.3 Å². The summed E-state index contributed by atoms with van der Waals surface area (Å²) < 4.78 is 5.21. The van der Waals surface area contributed by atoms with Crippen molar-refractivity contribution in [3.05, 3.63) is 82.7 Å². The van der Waals surface area contributed by atoms with Crippen molar-refractivity contribution in [1.82, 2.24) is 15.1 Å². The Kier molecular flexibility index (Phi) is 6.09. The molecular weight excluding hydrogens is 388 g/mol. The fraction of sp³-hybridized carbons (Fsp3) is 0.360. The summed E-state index contributed by atoms with van der Waals surface area (Å²) >= 11 is 0. The molecule has 1 aliphatic rings. The van der Waals surface area contributed by atoms with Crippen molar-refractivity contribution in [3.63, 3.8) is 0 Å². The molecule has 1 atom stereocenters. The van der Waals surface area contributed by atoms with Crippen molar-refractivity contribution >= 4 is 5.91 Å². The SMILES string of the molecule is COc1ccc(C(C(N)=O)c2cc(C3CC(c4ccccc4CN(C)C)C3)[nH]n2)cc1. The third-order valence-electron chi connectivity index (χ3n) is 6.21. The summed E-state index contributed by atoms with van der Waals surface area (Å²) in [5.74, 6) is 0.731. The number of nitrogens with zero attached hydrogens (tertiary/aromatic N) is 2. The molecule has 0 aliphatic heterocycles.